The van der Waals surface area contributed by atoms with Gasteiger partial charge in [0.25, 0.3) is 0 Å². The molecule has 2 N–H and O–H groups in total. The molecule has 1 aromatic heterocycles. The van der Waals surface area contributed by atoms with E-state index < -0.39 is 0 Å². The van der Waals surface area contributed by atoms with Crippen LogP contribution in [-0.2, 0) is 13.0 Å². The van der Waals surface area contributed by atoms with Crippen molar-refractivity contribution in [2.45, 2.75) is 13.0 Å². The molecule has 2 rings (SSSR count). The summed E-state index contributed by atoms with van der Waals surface area (Å²) in [5.74, 6) is 0.789. The summed E-state index contributed by atoms with van der Waals surface area (Å²) in [6, 6.07) is 9.62. The number of nitrogen functional groups attached to an aromatic ring is 1. The normalized spacial score (nSPS) is 9.94. The highest BCUT2D eigenvalue weighted by Crippen LogP contribution is 2.12. The highest BCUT2D eigenvalue weighted by molar-refractivity contribution is 5.30. The van der Waals surface area contributed by atoms with Crippen LogP contribution >= 0.6 is 0 Å². The Bertz CT molecular complexity index is 539. The third kappa shape index (κ3) is 3.25. The summed E-state index contributed by atoms with van der Waals surface area (Å²) in [7, 11) is 0. The third-order valence-electron chi connectivity index (χ3n) is 2.45. The van der Waals surface area contributed by atoms with Crippen LogP contribution in [0.5, 0.6) is 5.75 Å². The van der Waals surface area contributed by atoms with Gasteiger partial charge in [-0.2, -0.15) is 10.4 Å². The molecule has 92 valence electrons. The largest absolute Gasteiger partial charge is 0.492 e. The summed E-state index contributed by atoms with van der Waals surface area (Å²) in [5.41, 5.74) is 7.20. The van der Waals surface area contributed by atoms with Gasteiger partial charge in [-0.15, -0.1) is 0 Å². The second-order valence-electron chi connectivity index (χ2n) is 3.86. The number of ether oxygens (including phenoxy) is 1. The second kappa shape index (κ2) is 5.73. The van der Waals surface area contributed by atoms with Gasteiger partial charge in [-0.3, -0.25) is 4.68 Å². The number of nitriles is 1. The minimum atomic E-state index is 0.423. The molecule has 1 aromatic carbocycles. The number of rotatable bonds is 5. The first-order valence-corrected chi connectivity index (χ1v) is 5.64. The van der Waals surface area contributed by atoms with Gasteiger partial charge in [-0.25, -0.2) is 0 Å². The second-order valence-corrected chi connectivity index (χ2v) is 3.86. The number of hydrogen-bond acceptors (Lipinski definition) is 4. The Kier molecular flexibility index (Phi) is 3.82. The Morgan fingerprint density at radius 3 is 2.72 bits per heavy atom. The number of hydrogen-bond donors (Lipinski definition) is 1. The van der Waals surface area contributed by atoms with Crippen molar-refractivity contribution in [2.75, 3.05) is 12.3 Å². The molecule has 0 saturated carbocycles. The molecule has 0 atom stereocenters. The zero-order valence-electron chi connectivity index (χ0n) is 9.91. The molecule has 0 spiro atoms. The Balaban J connectivity index is 1.81. The van der Waals surface area contributed by atoms with Gasteiger partial charge in [-0.05, 0) is 17.7 Å². The van der Waals surface area contributed by atoms with Crippen molar-refractivity contribution >= 4 is 5.69 Å². The number of aromatic nitrogens is 2. The van der Waals surface area contributed by atoms with Crippen LogP contribution < -0.4 is 10.5 Å². The number of benzene rings is 1. The fraction of sp³-hybridized carbons (Fsp3) is 0.231. The quantitative estimate of drug-likeness (QED) is 0.864. The summed E-state index contributed by atoms with van der Waals surface area (Å²) in [6.07, 6.45) is 3.79. The van der Waals surface area contributed by atoms with Crippen molar-refractivity contribution in [1.82, 2.24) is 9.78 Å². The van der Waals surface area contributed by atoms with E-state index in [0.29, 0.717) is 25.3 Å². The van der Waals surface area contributed by atoms with Crippen LogP contribution in [0.1, 0.15) is 5.56 Å². The van der Waals surface area contributed by atoms with Crippen molar-refractivity contribution in [2.24, 2.45) is 0 Å². The molecule has 1 heterocycles. The number of nitrogens with two attached hydrogens (primary N) is 1. The maximum absolute atomic E-state index is 8.56. The molecule has 2 aromatic rings. The van der Waals surface area contributed by atoms with E-state index in [0.717, 1.165) is 11.3 Å². The molecule has 0 aliphatic carbocycles. The minimum Gasteiger partial charge on any atom is -0.492 e. The van der Waals surface area contributed by atoms with Crippen LogP contribution in [0.15, 0.2) is 36.7 Å². The van der Waals surface area contributed by atoms with Crippen molar-refractivity contribution in [3.63, 3.8) is 0 Å². The van der Waals surface area contributed by atoms with E-state index in [9.17, 15) is 0 Å². The Morgan fingerprint density at radius 2 is 2.11 bits per heavy atom. The van der Waals surface area contributed by atoms with Gasteiger partial charge >= 0.3 is 0 Å². The molecule has 18 heavy (non-hydrogen) atoms. The van der Waals surface area contributed by atoms with Gasteiger partial charge in [0.2, 0.25) is 0 Å². The summed E-state index contributed by atoms with van der Waals surface area (Å²) in [5, 5.41) is 12.6. The Labute approximate surface area is 105 Å². The van der Waals surface area contributed by atoms with E-state index in [1.807, 2.05) is 24.3 Å². The average Bonchev–Trinajstić information content (AvgIpc) is 2.78. The standard InChI is InChI=1S/C13H14N4O/c14-6-5-11-1-3-13(4-2-11)18-8-7-17-10-12(15)9-16-17/h1-4,9-10H,5,7-8,15H2. The molecule has 0 amide bonds. The van der Waals surface area contributed by atoms with Crippen molar-refractivity contribution in [3.05, 3.63) is 42.2 Å². The van der Waals surface area contributed by atoms with Gasteiger partial charge in [0.1, 0.15) is 12.4 Å². The molecule has 0 unspecified atom stereocenters. The molecular formula is C13H14N4O. The molecule has 0 fully saturated rings. The van der Waals surface area contributed by atoms with E-state index in [-0.39, 0.29) is 0 Å². The fourth-order valence-corrected chi connectivity index (χ4v) is 1.55. The van der Waals surface area contributed by atoms with Gasteiger partial charge in [0.05, 0.1) is 30.9 Å². The molecule has 5 heteroatoms. The lowest BCUT2D eigenvalue weighted by Crippen LogP contribution is -2.08. The summed E-state index contributed by atoms with van der Waals surface area (Å²) in [4.78, 5) is 0. The van der Waals surface area contributed by atoms with Crippen LogP contribution in [0.4, 0.5) is 5.69 Å². The summed E-state index contributed by atoms with van der Waals surface area (Å²) in [6.45, 7) is 1.18. The molecule has 5 nitrogen and oxygen atoms in total. The predicted molar refractivity (Wildman–Crippen MR) is 67.9 cm³/mol. The SMILES string of the molecule is N#CCc1ccc(OCCn2cc(N)cn2)cc1. The van der Waals surface area contributed by atoms with Crippen molar-refractivity contribution in [1.29, 1.82) is 5.26 Å². The zero-order chi connectivity index (χ0) is 12.8. The van der Waals surface area contributed by atoms with Crippen LogP contribution in [0, 0.1) is 11.3 Å². The van der Waals surface area contributed by atoms with E-state index in [1.54, 1.807) is 17.1 Å². The smallest absolute Gasteiger partial charge is 0.119 e. The first kappa shape index (κ1) is 12.0. The molecule has 0 aliphatic heterocycles. The fourth-order valence-electron chi connectivity index (χ4n) is 1.55. The van der Waals surface area contributed by atoms with Crippen LogP contribution in [0.2, 0.25) is 0 Å². The number of anilines is 1. The lowest BCUT2D eigenvalue weighted by Gasteiger charge is -2.06. The maximum Gasteiger partial charge on any atom is 0.119 e. The van der Waals surface area contributed by atoms with Gasteiger partial charge in [-0.1, -0.05) is 12.1 Å². The van der Waals surface area contributed by atoms with Crippen LogP contribution in [0.3, 0.4) is 0 Å². The molecule has 0 saturated heterocycles. The summed E-state index contributed by atoms with van der Waals surface area (Å²) >= 11 is 0. The Morgan fingerprint density at radius 1 is 1.33 bits per heavy atom. The first-order chi connectivity index (χ1) is 8.78. The molecule has 0 radical (unpaired) electrons. The molecule has 0 aliphatic rings. The maximum atomic E-state index is 8.56. The van der Waals surface area contributed by atoms with Crippen LogP contribution in [0.25, 0.3) is 0 Å². The predicted octanol–water partition coefficient (Wildman–Crippen LogP) is 1.61. The lowest BCUT2D eigenvalue weighted by atomic mass is 10.2. The van der Waals surface area contributed by atoms with Crippen molar-refractivity contribution < 1.29 is 4.74 Å². The highest BCUT2D eigenvalue weighted by atomic mass is 16.5. The topological polar surface area (TPSA) is 76.9 Å². The average molecular weight is 242 g/mol. The molecule has 0 bridgehead atoms. The first-order valence-electron chi connectivity index (χ1n) is 5.64. The molecular weight excluding hydrogens is 228 g/mol. The Hall–Kier alpha value is -2.48. The van der Waals surface area contributed by atoms with Gasteiger partial charge < -0.3 is 10.5 Å². The number of nitrogens with zero attached hydrogens (tertiary/aromatic N) is 3. The van der Waals surface area contributed by atoms with E-state index in [1.165, 1.54) is 0 Å². The monoisotopic (exact) mass is 242 g/mol. The third-order valence-corrected chi connectivity index (χ3v) is 2.45. The van der Waals surface area contributed by atoms with Gasteiger partial charge in [0.15, 0.2) is 0 Å². The van der Waals surface area contributed by atoms with Crippen molar-refractivity contribution in [3.8, 4) is 11.8 Å². The zero-order valence-corrected chi connectivity index (χ0v) is 9.91. The van der Waals surface area contributed by atoms with E-state index >= 15 is 0 Å². The van der Waals surface area contributed by atoms with Crippen LogP contribution in [-0.4, -0.2) is 16.4 Å². The van der Waals surface area contributed by atoms with E-state index in [2.05, 4.69) is 11.2 Å². The lowest BCUT2D eigenvalue weighted by molar-refractivity contribution is 0.291. The highest BCUT2D eigenvalue weighted by Gasteiger charge is 1.97. The van der Waals surface area contributed by atoms with Gasteiger partial charge in [0, 0.05) is 6.20 Å². The van der Waals surface area contributed by atoms with E-state index in [4.69, 9.17) is 15.7 Å². The minimum absolute atomic E-state index is 0.423. The summed E-state index contributed by atoms with van der Waals surface area (Å²) < 4.78 is 7.30.